The molecule has 0 aromatic carbocycles. The van der Waals surface area contributed by atoms with Crippen molar-refractivity contribution in [3.8, 4) is 0 Å². The lowest BCUT2D eigenvalue weighted by atomic mass is 9.95. The molecular formula is C14H29N3S2. The molecule has 19 heavy (non-hydrogen) atoms. The minimum atomic E-state index is 0.242. The Kier molecular flexibility index (Phi) is 7.44. The summed E-state index contributed by atoms with van der Waals surface area (Å²) in [6.45, 7) is 5.44. The maximum Gasteiger partial charge on any atom is 0.191 e. The molecule has 112 valence electrons. The maximum absolute atomic E-state index is 4.35. The molecule has 2 atom stereocenters. The van der Waals surface area contributed by atoms with Crippen molar-refractivity contribution >= 4 is 29.5 Å². The van der Waals surface area contributed by atoms with Gasteiger partial charge in [0, 0.05) is 29.6 Å². The van der Waals surface area contributed by atoms with Crippen LogP contribution in [0.5, 0.6) is 0 Å². The van der Waals surface area contributed by atoms with E-state index in [9.17, 15) is 0 Å². The zero-order valence-electron chi connectivity index (χ0n) is 13.0. The topological polar surface area (TPSA) is 36.4 Å². The molecule has 0 aromatic rings. The van der Waals surface area contributed by atoms with Crippen LogP contribution in [0.1, 0.15) is 39.5 Å². The summed E-state index contributed by atoms with van der Waals surface area (Å²) in [5.41, 5.74) is 0. The molecule has 1 aliphatic carbocycles. The number of nitrogens with zero attached hydrogens (tertiary/aromatic N) is 1. The van der Waals surface area contributed by atoms with Crippen LogP contribution in [0.4, 0.5) is 0 Å². The third-order valence-corrected chi connectivity index (χ3v) is 6.10. The summed E-state index contributed by atoms with van der Waals surface area (Å²) in [5.74, 6) is 0.953. The van der Waals surface area contributed by atoms with Crippen molar-refractivity contribution in [3.63, 3.8) is 0 Å². The van der Waals surface area contributed by atoms with Gasteiger partial charge in [-0.1, -0.05) is 6.42 Å². The summed E-state index contributed by atoms with van der Waals surface area (Å²) >= 11 is 3.88. The number of hydrogen-bond donors (Lipinski definition) is 2. The third kappa shape index (κ3) is 6.30. The van der Waals surface area contributed by atoms with Crippen molar-refractivity contribution in [1.29, 1.82) is 0 Å². The highest BCUT2D eigenvalue weighted by atomic mass is 32.2. The highest BCUT2D eigenvalue weighted by molar-refractivity contribution is 8.00. The Bertz CT molecular complexity index is 292. The van der Waals surface area contributed by atoms with Crippen LogP contribution < -0.4 is 10.6 Å². The van der Waals surface area contributed by atoms with Crippen LogP contribution >= 0.6 is 23.5 Å². The molecule has 0 amide bonds. The normalized spacial score (nSPS) is 25.2. The average molecular weight is 304 g/mol. The minimum absolute atomic E-state index is 0.242. The van der Waals surface area contributed by atoms with Crippen LogP contribution in [0.2, 0.25) is 0 Å². The smallest absolute Gasteiger partial charge is 0.191 e. The number of hydrogen-bond acceptors (Lipinski definition) is 3. The van der Waals surface area contributed by atoms with Gasteiger partial charge in [0.25, 0.3) is 0 Å². The van der Waals surface area contributed by atoms with Gasteiger partial charge in [-0.15, -0.1) is 0 Å². The second kappa shape index (κ2) is 8.30. The van der Waals surface area contributed by atoms with Crippen LogP contribution in [-0.4, -0.2) is 48.1 Å². The predicted octanol–water partition coefficient (Wildman–Crippen LogP) is 2.97. The largest absolute Gasteiger partial charge is 0.355 e. The summed E-state index contributed by atoms with van der Waals surface area (Å²) in [6, 6.07) is 0.579. The first-order valence-electron chi connectivity index (χ1n) is 7.06. The minimum Gasteiger partial charge on any atom is -0.355 e. The van der Waals surface area contributed by atoms with E-state index in [1.54, 1.807) is 0 Å². The number of aliphatic imine (C=N–C) groups is 1. The van der Waals surface area contributed by atoms with E-state index in [4.69, 9.17) is 0 Å². The van der Waals surface area contributed by atoms with Crippen molar-refractivity contribution in [2.45, 2.75) is 55.6 Å². The first kappa shape index (κ1) is 17.0. The standard InChI is InChI=1S/C14H29N3S2/c1-14(2,19-5)10-16-13(15-3)17-11-7-6-8-12(9-11)18-4/h11-12H,6-10H2,1-5H3,(H2,15,16,17). The lowest BCUT2D eigenvalue weighted by Crippen LogP contribution is -2.48. The van der Waals surface area contributed by atoms with Crippen LogP contribution in [0.25, 0.3) is 0 Å². The molecule has 1 aliphatic rings. The Hall–Kier alpha value is -0.0300. The average Bonchev–Trinajstić information content (AvgIpc) is 2.43. The lowest BCUT2D eigenvalue weighted by Gasteiger charge is -2.31. The maximum atomic E-state index is 4.35. The van der Waals surface area contributed by atoms with E-state index in [0.29, 0.717) is 6.04 Å². The van der Waals surface area contributed by atoms with E-state index in [2.05, 4.69) is 42.0 Å². The number of guanidine groups is 1. The van der Waals surface area contributed by atoms with Crippen molar-refractivity contribution < 1.29 is 0 Å². The molecule has 0 radical (unpaired) electrons. The van der Waals surface area contributed by atoms with Crippen molar-refractivity contribution in [2.24, 2.45) is 4.99 Å². The Morgan fingerprint density at radius 2 is 2.05 bits per heavy atom. The SMILES string of the molecule is CN=C(NCC(C)(C)SC)NC1CCCC(SC)C1. The highest BCUT2D eigenvalue weighted by Crippen LogP contribution is 2.26. The monoisotopic (exact) mass is 303 g/mol. The molecule has 0 aromatic heterocycles. The summed E-state index contributed by atoms with van der Waals surface area (Å²) in [5, 5.41) is 7.85. The second-order valence-corrected chi connectivity index (χ2v) is 8.41. The molecule has 1 saturated carbocycles. The quantitative estimate of drug-likeness (QED) is 0.605. The van der Waals surface area contributed by atoms with Crippen LogP contribution in [0.15, 0.2) is 4.99 Å². The Morgan fingerprint density at radius 1 is 1.32 bits per heavy atom. The van der Waals surface area contributed by atoms with Crippen molar-refractivity contribution in [2.75, 3.05) is 26.1 Å². The molecule has 1 fully saturated rings. The molecule has 0 aliphatic heterocycles. The fourth-order valence-corrected chi connectivity index (χ4v) is 3.29. The predicted molar refractivity (Wildman–Crippen MR) is 91.7 cm³/mol. The first-order valence-corrected chi connectivity index (χ1v) is 9.57. The molecular weight excluding hydrogens is 274 g/mol. The zero-order valence-corrected chi connectivity index (χ0v) is 14.6. The molecule has 2 unspecified atom stereocenters. The second-order valence-electron chi connectivity index (χ2n) is 5.76. The molecule has 0 bridgehead atoms. The van der Waals surface area contributed by atoms with Gasteiger partial charge in [-0.2, -0.15) is 23.5 Å². The van der Waals surface area contributed by atoms with Gasteiger partial charge in [0.15, 0.2) is 5.96 Å². The highest BCUT2D eigenvalue weighted by Gasteiger charge is 2.22. The third-order valence-electron chi connectivity index (χ3n) is 3.76. The molecule has 2 N–H and O–H groups in total. The lowest BCUT2D eigenvalue weighted by molar-refractivity contribution is 0.418. The van der Waals surface area contributed by atoms with Crippen molar-refractivity contribution in [1.82, 2.24) is 10.6 Å². The molecule has 0 spiro atoms. The van der Waals surface area contributed by atoms with E-state index >= 15 is 0 Å². The molecule has 3 nitrogen and oxygen atoms in total. The van der Waals surface area contributed by atoms with Gasteiger partial charge in [0.2, 0.25) is 0 Å². The fourth-order valence-electron chi connectivity index (χ4n) is 2.25. The van der Waals surface area contributed by atoms with Gasteiger partial charge in [-0.25, -0.2) is 0 Å². The van der Waals surface area contributed by atoms with Gasteiger partial charge >= 0.3 is 0 Å². The molecule has 0 heterocycles. The number of rotatable bonds is 5. The van der Waals surface area contributed by atoms with Crippen LogP contribution in [-0.2, 0) is 0 Å². The van der Waals surface area contributed by atoms with E-state index in [-0.39, 0.29) is 4.75 Å². The van der Waals surface area contributed by atoms with Crippen molar-refractivity contribution in [3.05, 3.63) is 0 Å². The van der Waals surface area contributed by atoms with Gasteiger partial charge in [0.05, 0.1) is 0 Å². The first-order chi connectivity index (χ1) is 9.00. The molecule has 0 saturated heterocycles. The van der Waals surface area contributed by atoms with E-state index in [0.717, 1.165) is 17.8 Å². The van der Waals surface area contributed by atoms with Gasteiger partial charge in [-0.05, 0) is 45.6 Å². The summed E-state index contributed by atoms with van der Waals surface area (Å²) in [4.78, 5) is 4.35. The summed E-state index contributed by atoms with van der Waals surface area (Å²) < 4.78 is 0.242. The van der Waals surface area contributed by atoms with E-state index in [1.807, 2.05) is 30.6 Å². The van der Waals surface area contributed by atoms with Crippen LogP contribution in [0.3, 0.4) is 0 Å². The molecule has 5 heteroatoms. The Balaban J connectivity index is 2.40. The van der Waals surface area contributed by atoms with Gasteiger partial charge in [0.1, 0.15) is 0 Å². The van der Waals surface area contributed by atoms with Gasteiger partial charge in [-0.3, -0.25) is 4.99 Å². The Labute approximate surface area is 127 Å². The zero-order chi connectivity index (χ0) is 14.3. The summed E-state index contributed by atoms with van der Waals surface area (Å²) in [7, 11) is 1.86. The number of thioether (sulfide) groups is 2. The van der Waals surface area contributed by atoms with Gasteiger partial charge < -0.3 is 10.6 Å². The summed E-state index contributed by atoms with van der Waals surface area (Å²) in [6.07, 6.45) is 9.60. The molecule has 1 rings (SSSR count). The fraction of sp³-hybridized carbons (Fsp3) is 0.929. The number of nitrogens with one attached hydrogen (secondary N) is 2. The Morgan fingerprint density at radius 3 is 2.63 bits per heavy atom. The van der Waals surface area contributed by atoms with Crippen LogP contribution in [0, 0.1) is 0 Å². The van der Waals surface area contributed by atoms with E-state index < -0.39 is 0 Å². The van der Waals surface area contributed by atoms with E-state index in [1.165, 1.54) is 25.7 Å².